The van der Waals surface area contributed by atoms with Gasteiger partial charge < -0.3 is 14.8 Å². The Morgan fingerprint density at radius 1 is 1.03 bits per heavy atom. The molecule has 10 nitrogen and oxygen atoms in total. The van der Waals surface area contributed by atoms with E-state index in [0.717, 1.165) is 30.7 Å². The summed E-state index contributed by atoms with van der Waals surface area (Å²) < 4.78 is 32.1. The van der Waals surface area contributed by atoms with Gasteiger partial charge in [-0.05, 0) is 92.3 Å². The lowest BCUT2D eigenvalue weighted by Gasteiger charge is -2.27. The van der Waals surface area contributed by atoms with Gasteiger partial charge in [-0.15, -0.1) is 10.2 Å². The molecule has 38 heavy (non-hydrogen) atoms. The molecule has 1 fully saturated rings. The Hall–Kier alpha value is -2.73. The molecule has 3 rings (SSSR count). The molecule has 0 aliphatic heterocycles. The van der Waals surface area contributed by atoms with Crippen LogP contribution in [0.1, 0.15) is 85.1 Å². The monoisotopic (exact) mass is 565 g/mol. The molecule has 2 aromatic rings. The third-order valence-electron chi connectivity index (χ3n) is 6.15. The van der Waals surface area contributed by atoms with E-state index in [2.05, 4.69) is 20.8 Å². The van der Waals surface area contributed by atoms with Gasteiger partial charge in [-0.25, -0.2) is 18.6 Å². The Balaban J connectivity index is 1.82. The number of benzene rings is 1. The number of hydrogen-bond acceptors (Lipinski definition) is 9. The molecule has 1 heterocycles. The normalized spacial score (nSPS) is 19.6. The SMILES string of the molecule is CC(C)OC(=O)Nc1ccc(-c2nnc(C3CCC(NC(=O)OC(C)C)CC3)s2)c(S(=N)(=O)C(C)(C)C)c1. The standard InChI is InChI=1S/C26H39N5O5S2/c1-15(2)35-24(32)28-18-10-8-17(9-11-18)22-30-31-23(37-22)20-13-12-19(29-25(33)36-16(3)4)14-21(20)38(27,34)26(5,6)7/h12-18,27H,8-11H2,1-7H3,(H,28,32)(H,29,33). The third kappa shape index (κ3) is 7.43. The highest BCUT2D eigenvalue weighted by Crippen LogP contribution is 2.40. The van der Waals surface area contributed by atoms with Gasteiger partial charge in [-0.2, -0.15) is 0 Å². The molecular weight excluding hydrogens is 526 g/mol. The first-order valence-corrected chi connectivity index (χ1v) is 15.3. The summed E-state index contributed by atoms with van der Waals surface area (Å²) in [6.45, 7) is 12.4. The number of rotatable bonds is 7. The Kier molecular flexibility index (Phi) is 9.40. The number of nitrogens with one attached hydrogen (secondary N) is 3. The van der Waals surface area contributed by atoms with Crippen molar-refractivity contribution < 1.29 is 23.3 Å². The Morgan fingerprint density at radius 2 is 1.63 bits per heavy atom. The molecule has 1 aliphatic rings. The van der Waals surface area contributed by atoms with Gasteiger partial charge in [0.25, 0.3) is 0 Å². The predicted octanol–water partition coefficient (Wildman–Crippen LogP) is 6.53. The number of ether oxygens (including phenoxy) is 2. The average Bonchev–Trinajstić information content (AvgIpc) is 3.27. The fourth-order valence-electron chi connectivity index (χ4n) is 4.11. The number of aromatic nitrogens is 2. The van der Waals surface area contributed by atoms with Crippen LogP contribution in [0.5, 0.6) is 0 Å². The minimum Gasteiger partial charge on any atom is -0.447 e. The van der Waals surface area contributed by atoms with E-state index < -0.39 is 20.6 Å². The highest BCUT2D eigenvalue weighted by molar-refractivity contribution is 7.94. The summed E-state index contributed by atoms with van der Waals surface area (Å²) >= 11 is 1.43. The summed E-state index contributed by atoms with van der Waals surface area (Å²) in [6, 6.07) is 5.06. The minimum atomic E-state index is -3.29. The first-order valence-electron chi connectivity index (χ1n) is 12.9. The second kappa shape index (κ2) is 12.0. The van der Waals surface area contributed by atoms with Gasteiger partial charge in [0.05, 0.1) is 26.8 Å². The van der Waals surface area contributed by atoms with Crippen LogP contribution in [-0.4, -0.2) is 49.6 Å². The molecule has 12 heteroatoms. The van der Waals surface area contributed by atoms with Crippen molar-refractivity contribution in [2.45, 2.75) is 108 Å². The fourth-order valence-corrected chi connectivity index (χ4v) is 6.66. The smallest absolute Gasteiger partial charge is 0.411 e. The van der Waals surface area contributed by atoms with E-state index in [9.17, 15) is 13.8 Å². The zero-order valence-electron chi connectivity index (χ0n) is 23.1. The Morgan fingerprint density at radius 3 is 2.21 bits per heavy atom. The van der Waals surface area contributed by atoms with Gasteiger partial charge in [-0.3, -0.25) is 5.32 Å². The van der Waals surface area contributed by atoms with Crippen molar-refractivity contribution in [1.82, 2.24) is 15.5 Å². The van der Waals surface area contributed by atoms with Gasteiger partial charge in [0.15, 0.2) is 0 Å². The van der Waals surface area contributed by atoms with Gasteiger partial charge in [-0.1, -0.05) is 11.3 Å². The number of amides is 2. The Labute approximate surface area is 229 Å². The molecule has 3 N–H and O–H groups in total. The van der Waals surface area contributed by atoms with Gasteiger partial charge in [0.2, 0.25) is 0 Å². The zero-order valence-corrected chi connectivity index (χ0v) is 24.8. The largest absolute Gasteiger partial charge is 0.447 e. The van der Waals surface area contributed by atoms with E-state index in [0.29, 0.717) is 21.2 Å². The average molecular weight is 566 g/mol. The molecule has 0 saturated heterocycles. The maximum atomic E-state index is 13.8. The lowest BCUT2D eigenvalue weighted by molar-refractivity contribution is 0.109. The fraction of sp³-hybridized carbons (Fsp3) is 0.615. The zero-order chi connectivity index (χ0) is 28.3. The first-order chi connectivity index (χ1) is 17.7. The number of alkyl carbamates (subject to hydrolysis) is 1. The number of nitrogens with zero attached hydrogens (tertiary/aromatic N) is 2. The van der Waals surface area contributed by atoms with E-state index in [-0.39, 0.29) is 30.3 Å². The first kappa shape index (κ1) is 29.8. The molecular formula is C26H39N5O5S2. The molecule has 0 radical (unpaired) electrons. The van der Waals surface area contributed by atoms with Crippen molar-refractivity contribution in [3.63, 3.8) is 0 Å². The van der Waals surface area contributed by atoms with Crippen LogP contribution < -0.4 is 10.6 Å². The lowest BCUT2D eigenvalue weighted by atomic mass is 9.86. The van der Waals surface area contributed by atoms with Crippen LogP contribution in [0.2, 0.25) is 0 Å². The predicted molar refractivity (Wildman–Crippen MR) is 149 cm³/mol. The van der Waals surface area contributed by atoms with Crippen molar-refractivity contribution in [3.8, 4) is 10.6 Å². The lowest BCUT2D eigenvalue weighted by Crippen LogP contribution is -2.38. The van der Waals surface area contributed by atoms with Crippen molar-refractivity contribution in [2.24, 2.45) is 0 Å². The van der Waals surface area contributed by atoms with Crippen LogP contribution in [0.3, 0.4) is 0 Å². The number of carbonyl (C=O) groups is 2. The van der Waals surface area contributed by atoms with Gasteiger partial charge >= 0.3 is 12.2 Å². The minimum absolute atomic E-state index is 0.0682. The second-order valence-electron chi connectivity index (χ2n) is 11.1. The number of hydrogen-bond donors (Lipinski definition) is 3. The van der Waals surface area contributed by atoms with Crippen LogP contribution in [0.4, 0.5) is 15.3 Å². The third-order valence-corrected chi connectivity index (χ3v) is 9.96. The summed E-state index contributed by atoms with van der Waals surface area (Å²) in [4.78, 5) is 24.4. The maximum Gasteiger partial charge on any atom is 0.411 e. The highest BCUT2D eigenvalue weighted by atomic mass is 32.2. The van der Waals surface area contributed by atoms with Crippen molar-refractivity contribution in [1.29, 1.82) is 4.78 Å². The molecule has 1 atom stereocenters. The summed E-state index contributed by atoms with van der Waals surface area (Å²) in [7, 11) is -3.29. The Bertz CT molecular complexity index is 1240. The molecule has 0 bridgehead atoms. The van der Waals surface area contributed by atoms with Crippen LogP contribution >= 0.6 is 11.3 Å². The second-order valence-corrected chi connectivity index (χ2v) is 14.8. The van der Waals surface area contributed by atoms with Crippen LogP contribution in [-0.2, 0) is 19.2 Å². The summed E-state index contributed by atoms with van der Waals surface area (Å²) in [5.41, 5.74) is 0.961. The highest BCUT2D eigenvalue weighted by Gasteiger charge is 2.32. The van der Waals surface area contributed by atoms with E-state index in [1.807, 2.05) is 13.8 Å². The number of carbonyl (C=O) groups excluding carboxylic acids is 2. The molecule has 2 amide bonds. The number of anilines is 1. The molecule has 210 valence electrons. The van der Waals surface area contributed by atoms with E-state index in [1.54, 1.807) is 52.8 Å². The van der Waals surface area contributed by atoms with E-state index >= 15 is 0 Å². The van der Waals surface area contributed by atoms with Crippen LogP contribution in [0, 0.1) is 4.78 Å². The van der Waals surface area contributed by atoms with E-state index in [4.69, 9.17) is 14.3 Å². The van der Waals surface area contributed by atoms with Crippen molar-refractivity contribution in [2.75, 3.05) is 5.32 Å². The van der Waals surface area contributed by atoms with Crippen molar-refractivity contribution in [3.05, 3.63) is 23.2 Å². The maximum absolute atomic E-state index is 13.8. The molecule has 1 unspecified atom stereocenters. The van der Waals surface area contributed by atoms with Crippen LogP contribution in [0.25, 0.3) is 10.6 Å². The molecule has 1 aromatic heterocycles. The summed E-state index contributed by atoms with van der Waals surface area (Å²) in [5, 5.41) is 15.9. The van der Waals surface area contributed by atoms with Crippen molar-refractivity contribution >= 4 is 38.9 Å². The molecule has 1 saturated carbocycles. The molecule has 1 aromatic carbocycles. The van der Waals surface area contributed by atoms with Gasteiger partial charge in [0.1, 0.15) is 10.0 Å². The molecule has 1 aliphatic carbocycles. The topological polar surface area (TPSA) is 143 Å². The summed E-state index contributed by atoms with van der Waals surface area (Å²) in [5.74, 6) is 0.207. The molecule has 0 spiro atoms. The van der Waals surface area contributed by atoms with Crippen LogP contribution in [0.15, 0.2) is 23.1 Å². The summed E-state index contributed by atoms with van der Waals surface area (Å²) in [6.07, 6.45) is 1.88. The van der Waals surface area contributed by atoms with Gasteiger partial charge in [0, 0.05) is 28.0 Å². The quantitative estimate of drug-likeness (QED) is 0.346. The van der Waals surface area contributed by atoms with E-state index in [1.165, 1.54) is 11.3 Å².